The van der Waals surface area contributed by atoms with Crippen molar-refractivity contribution in [2.75, 3.05) is 11.7 Å². The Hall–Kier alpha value is -3.14. The first kappa shape index (κ1) is 19.5. The average molecular weight is 428 g/mol. The Kier molecular flexibility index (Phi) is 4.08. The Morgan fingerprint density at radius 3 is 2.09 bits per heavy atom. The van der Waals surface area contributed by atoms with Gasteiger partial charge in [0.2, 0.25) is 6.79 Å². The molecule has 0 fully saturated rings. The van der Waals surface area contributed by atoms with E-state index in [1.54, 1.807) is 0 Å². The molecule has 4 nitrogen and oxygen atoms in total. The molecule has 4 heteroatoms. The number of ether oxygens (including phenoxy) is 3. The van der Waals surface area contributed by atoms with Crippen molar-refractivity contribution in [3.63, 3.8) is 0 Å². The highest BCUT2D eigenvalue weighted by molar-refractivity contribution is 5.73. The lowest BCUT2D eigenvalue weighted by atomic mass is 9.78. The van der Waals surface area contributed by atoms with Gasteiger partial charge >= 0.3 is 0 Å². The van der Waals surface area contributed by atoms with Gasteiger partial charge in [-0.2, -0.15) is 0 Å². The second-order valence-corrected chi connectivity index (χ2v) is 9.85. The van der Waals surface area contributed by atoms with Crippen molar-refractivity contribution >= 4 is 5.69 Å². The van der Waals surface area contributed by atoms with Crippen LogP contribution < -0.4 is 19.1 Å². The maximum Gasteiger partial charge on any atom is 0.231 e. The number of fused-ring (bicyclic) bond motifs is 3. The fourth-order valence-electron chi connectivity index (χ4n) is 5.91. The van der Waals surface area contributed by atoms with E-state index in [0.717, 1.165) is 30.3 Å². The van der Waals surface area contributed by atoms with Gasteiger partial charge in [0.15, 0.2) is 11.5 Å². The van der Waals surface area contributed by atoms with E-state index in [0.29, 0.717) is 6.79 Å². The lowest BCUT2D eigenvalue weighted by Gasteiger charge is -2.28. The summed E-state index contributed by atoms with van der Waals surface area (Å²) in [7, 11) is 0. The molecule has 3 aliphatic rings. The highest BCUT2D eigenvalue weighted by Gasteiger charge is 2.45. The minimum Gasteiger partial charge on any atom is -0.486 e. The van der Waals surface area contributed by atoms with Crippen LogP contribution in [0.25, 0.3) is 0 Å². The molecule has 0 saturated heterocycles. The number of hydrogen-bond donors (Lipinski definition) is 0. The largest absolute Gasteiger partial charge is 0.486 e. The van der Waals surface area contributed by atoms with Crippen LogP contribution in [0.1, 0.15) is 58.7 Å². The number of rotatable bonds is 2. The summed E-state index contributed by atoms with van der Waals surface area (Å²) in [5, 5.41) is 0. The first-order valence-corrected chi connectivity index (χ1v) is 11.4. The van der Waals surface area contributed by atoms with Crippen molar-refractivity contribution in [3.05, 3.63) is 81.4 Å². The van der Waals surface area contributed by atoms with Crippen molar-refractivity contribution in [1.29, 1.82) is 0 Å². The predicted molar refractivity (Wildman–Crippen MR) is 126 cm³/mol. The topological polar surface area (TPSA) is 30.9 Å². The molecule has 1 unspecified atom stereocenters. The highest BCUT2D eigenvalue weighted by atomic mass is 16.7. The summed E-state index contributed by atoms with van der Waals surface area (Å²) in [6.45, 7) is 13.2. The first-order valence-electron chi connectivity index (χ1n) is 11.4. The predicted octanol–water partition coefficient (Wildman–Crippen LogP) is 6.16. The lowest BCUT2D eigenvalue weighted by molar-refractivity contribution is 0.121. The Morgan fingerprint density at radius 1 is 0.844 bits per heavy atom. The fourth-order valence-corrected chi connectivity index (χ4v) is 5.91. The molecule has 3 aromatic rings. The summed E-state index contributed by atoms with van der Waals surface area (Å²) in [5.41, 5.74) is 10.2. The summed E-state index contributed by atoms with van der Waals surface area (Å²) < 4.78 is 17.9. The number of nitrogens with zero attached hydrogens (tertiary/aromatic N) is 1. The number of hydrogen-bond acceptors (Lipinski definition) is 4. The van der Waals surface area contributed by atoms with Crippen LogP contribution in [0.4, 0.5) is 5.69 Å². The van der Waals surface area contributed by atoms with E-state index in [1.807, 2.05) is 0 Å². The molecule has 0 bridgehead atoms. The Bertz CT molecular complexity index is 1210. The molecule has 0 radical (unpaired) electrons. The van der Waals surface area contributed by atoms with Crippen molar-refractivity contribution in [1.82, 2.24) is 0 Å². The van der Waals surface area contributed by atoms with Gasteiger partial charge < -0.3 is 19.1 Å². The van der Waals surface area contributed by atoms with Gasteiger partial charge in [0.25, 0.3) is 0 Å². The maximum absolute atomic E-state index is 6.64. The third-order valence-corrected chi connectivity index (χ3v) is 7.48. The van der Waals surface area contributed by atoms with Crippen LogP contribution in [0.15, 0.2) is 42.5 Å². The van der Waals surface area contributed by atoms with Gasteiger partial charge in [-0.25, -0.2) is 0 Å². The summed E-state index contributed by atoms with van der Waals surface area (Å²) >= 11 is 0. The molecule has 0 aromatic heterocycles. The van der Waals surface area contributed by atoms with Crippen LogP contribution in [0.2, 0.25) is 0 Å². The molecular weight excluding hydrogens is 398 g/mol. The molecule has 6 rings (SSSR count). The zero-order chi connectivity index (χ0) is 22.2. The SMILES string of the molecule is Cc1c(C)c(N2Cc3cc4c(cc3C2)OCO4)c(C)c2c1OC(C)(C)C2c1ccccc1. The fraction of sp³-hybridized carbons (Fsp3) is 0.357. The van der Waals surface area contributed by atoms with Gasteiger partial charge in [-0.1, -0.05) is 30.3 Å². The normalized spacial score (nSPS) is 19.7. The minimum atomic E-state index is -0.298. The van der Waals surface area contributed by atoms with Gasteiger partial charge in [0.1, 0.15) is 11.4 Å². The summed E-state index contributed by atoms with van der Waals surface area (Å²) in [6, 6.07) is 15.1. The summed E-state index contributed by atoms with van der Waals surface area (Å²) in [4.78, 5) is 2.51. The van der Waals surface area contributed by atoms with E-state index < -0.39 is 0 Å². The molecule has 32 heavy (non-hydrogen) atoms. The lowest BCUT2D eigenvalue weighted by Crippen LogP contribution is -2.31. The molecule has 1 atom stereocenters. The molecule has 0 amide bonds. The second-order valence-electron chi connectivity index (χ2n) is 9.85. The summed E-state index contributed by atoms with van der Waals surface area (Å²) in [5.74, 6) is 3.00. The van der Waals surface area contributed by atoms with Crippen LogP contribution in [0, 0.1) is 20.8 Å². The van der Waals surface area contributed by atoms with Crippen molar-refractivity contribution < 1.29 is 14.2 Å². The second kappa shape index (κ2) is 6.68. The average Bonchev–Trinajstić information content (AvgIpc) is 3.45. The summed E-state index contributed by atoms with van der Waals surface area (Å²) in [6.07, 6.45) is 0. The van der Waals surface area contributed by atoms with E-state index in [-0.39, 0.29) is 11.5 Å². The number of benzene rings is 3. The number of anilines is 1. The third-order valence-electron chi connectivity index (χ3n) is 7.48. The smallest absolute Gasteiger partial charge is 0.231 e. The molecule has 0 saturated carbocycles. The molecule has 3 aromatic carbocycles. The quantitative estimate of drug-likeness (QED) is 0.490. The zero-order valence-corrected chi connectivity index (χ0v) is 19.4. The molecule has 164 valence electrons. The molecule has 3 heterocycles. The Labute approximate surface area is 189 Å². The minimum absolute atomic E-state index is 0.201. The first-order chi connectivity index (χ1) is 15.3. The van der Waals surface area contributed by atoms with E-state index in [9.17, 15) is 0 Å². The zero-order valence-electron chi connectivity index (χ0n) is 19.4. The van der Waals surface area contributed by atoms with Crippen LogP contribution in [0.3, 0.4) is 0 Å². The molecule has 0 spiro atoms. The van der Waals surface area contributed by atoms with Gasteiger partial charge in [0.05, 0.1) is 5.92 Å². The van der Waals surface area contributed by atoms with Crippen LogP contribution in [-0.2, 0) is 13.1 Å². The third kappa shape index (κ3) is 2.68. The highest BCUT2D eigenvalue weighted by Crippen LogP contribution is 2.54. The Morgan fingerprint density at radius 2 is 1.47 bits per heavy atom. The monoisotopic (exact) mass is 427 g/mol. The van der Waals surface area contributed by atoms with E-state index in [4.69, 9.17) is 14.2 Å². The van der Waals surface area contributed by atoms with E-state index >= 15 is 0 Å². The van der Waals surface area contributed by atoms with Crippen molar-refractivity contribution in [3.8, 4) is 17.2 Å². The molecule has 0 aliphatic carbocycles. The van der Waals surface area contributed by atoms with Gasteiger partial charge in [-0.05, 0) is 80.1 Å². The van der Waals surface area contributed by atoms with Gasteiger partial charge in [0, 0.05) is 24.3 Å². The van der Waals surface area contributed by atoms with E-state index in [2.05, 4.69) is 82.0 Å². The standard InChI is InChI=1S/C28H29NO3/c1-16-17(2)27-24(25(28(4,5)32-27)19-9-7-6-8-10-19)18(3)26(16)29-13-20-11-22-23(31-15-30-22)12-21(20)14-29/h6-12,25H,13-15H2,1-5H3. The molecule has 3 aliphatic heterocycles. The molecular formula is C28H29NO3. The Balaban J connectivity index is 1.48. The van der Waals surface area contributed by atoms with Crippen LogP contribution in [-0.4, -0.2) is 12.4 Å². The van der Waals surface area contributed by atoms with Crippen molar-refractivity contribution in [2.45, 2.75) is 59.2 Å². The van der Waals surface area contributed by atoms with E-state index in [1.165, 1.54) is 44.6 Å². The van der Waals surface area contributed by atoms with Crippen molar-refractivity contribution in [2.24, 2.45) is 0 Å². The van der Waals surface area contributed by atoms with Gasteiger partial charge in [-0.15, -0.1) is 0 Å². The van der Waals surface area contributed by atoms with Crippen LogP contribution in [0.5, 0.6) is 17.2 Å². The van der Waals surface area contributed by atoms with Crippen LogP contribution >= 0.6 is 0 Å². The van der Waals surface area contributed by atoms with Gasteiger partial charge in [-0.3, -0.25) is 0 Å². The molecule has 0 N–H and O–H groups in total. The maximum atomic E-state index is 6.64.